The minimum Gasteiger partial charge on any atom is -0.289 e. The second-order valence-electron chi connectivity index (χ2n) is 3.71. The smallest absolute Gasteiger partial charge is 0.194 e. The van der Waals surface area contributed by atoms with Gasteiger partial charge in [0.15, 0.2) is 5.78 Å². The molecule has 0 aliphatic heterocycles. The fourth-order valence-electron chi connectivity index (χ4n) is 1.58. The zero-order chi connectivity index (χ0) is 11.5. The first-order valence-electron chi connectivity index (χ1n) is 5.08. The van der Waals surface area contributed by atoms with Crippen LogP contribution in [0.3, 0.4) is 0 Å². The van der Waals surface area contributed by atoms with E-state index in [4.69, 9.17) is 0 Å². The van der Waals surface area contributed by atoms with Crippen molar-refractivity contribution in [1.29, 1.82) is 0 Å². The average Bonchev–Trinajstić information content (AvgIpc) is 2.33. The molecule has 0 spiro atoms. The van der Waals surface area contributed by atoms with Gasteiger partial charge < -0.3 is 0 Å². The highest BCUT2D eigenvalue weighted by Crippen LogP contribution is 2.16. The van der Waals surface area contributed by atoms with Crippen LogP contribution in [-0.4, -0.2) is 16.0 Å². The highest BCUT2D eigenvalue weighted by atomic mass is 16.1. The van der Waals surface area contributed by atoms with Crippen molar-refractivity contribution in [2.45, 2.75) is 13.8 Å². The van der Waals surface area contributed by atoms with Gasteiger partial charge in [0.25, 0.3) is 0 Å². The predicted octanol–water partition coefficient (Wildman–Crippen LogP) is 2.32. The first-order chi connectivity index (χ1) is 7.70. The van der Waals surface area contributed by atoms with Crippen molar-refractivity contribution < 1.29 is 4.79 Å². The molecule has 0 saturated heterocycles. The summed E-state index contributed by atoms with van der Waals surface area (Å²) in [6.45, 7) is 3.95. The lowest BCUT2D eigenvalue weighted by Crippen LogP contribution is -2.05. The summed E-state index contributed by atoms with van der Waals surface area (Å²) in [4.78, 5) is 12.2. The number of benzene rings is 1. The van der Waals surface area contributed by atoms with Gasteiger partial charge in [-0.05, 0) is 31.0 Å². The molecular formula is C13H12N2O. The van der Waals surface area contributed by atoms with Crippen LogP contribution in [0.4, 0.5) is 0 Å². The largest absolute Gasteiger partial charge is 0.289 e. The number of nitrogens with zero attached hydrogens (tertiary/aromatic N) is 2. The van der Waals surface area contributed by atoms with Gasteiger partial charge in [0.1, 0.15) is 0 Å². The lowest BCUT2D eigenvalue weighted by Gasteiger charge is -2.06. The quantitative estimate of drug-likeness (QED) is 0.717. The molecule has 0 aliphatic carbocycles. The molecule has 1 aromatic heterocycles. The minimum absolute atomic E-state index is 0.00361. The van der Waals surface area contributed by atoms with Crippen LogP contribution in [0.15, 0.2) is 36.7 Å². The molecule has 0 aliphatic rings. The van der Waals surface area contributed by atoms with Crippen LogP contribution >= 0.6 is 0 Å². The van der Waals surface area contributed by atoms with E-state index in [1.54, 1.807) is 6.07 Å². The number of carbonyl (C=O) groups is 1. The number of hydrogen-bond donors (Lipinski definition) is 0. The maximum atomic E-state index is 12.2. The zero-order valence-corrected chi connectivity index (χ0v) is 9.27. The second-order valence-corrected chi connectivity index (χ2v) is 3.71. The summed E-state index contributed by atoms with van der Waals surface area (Å²) in [5.41, 5.74) is 3.44. The molecule has 16 heavy (non-hydrogen) atoms. The summed E-state index contributed by atoms with van der Waals surface area (Å²) in [5.74, 6) is -0.00361. The Hall–Kier alpha value is -2.03. The average molecular weight is 212 g/mol. The lowest BCUT2D eigenvalue weighted by atomic mass is 9.97. The Morgan fingerprint density at radius 1 is 1.12 bits per heavy atom. The summed E-state index contributed by atoms with van der Waals surface area (Å²) in [5, 5.41) is 7.37. The van der Waals surface area contributed by atoms with Gasteiger partial charge >= 0.3 is 0 Å². The van der Waals surface area contributed by atoms with Gasteiger partial charge in [-0.3, -0.25) is 4.79 Å². The molecule has 0 atom stereocenters. The Kier molecular flexibility index (Phi) is 2.77. The molecule has 0 bridgehead atoms. The fraction of sp³-hybridized carbons (Fsp3) is 0.154. The van der Waals surface area contributed by atoms with Gasteiger partial charge in [-0.25, -0.2) is 0 Å². The van der Waals surface area contributed by atoms with E-state index in [0.29, 0.717) is 5.56 Å². The maximum absolute atomic E-state index is 12.2. The van der Waals surface area contributed by atoms with E-state index >= 15 is 0 Å². The molecule has 80 valence electrons. The number of aromatic nitrogens is 2. The third-order valence-corrected chi connectivity index (χ3v) is 2.70. The predicted molar refractivity (Wildman–Crippen MR) is 61.4 cm³/mol. The van der Waals surface area contributed by atoms with Crippen molar-refractivity contribution in [3.63, 3.8) is 0 Å². The highest BCUT2D eigenvalue weighted by Gasteiger charge is 2.12. The molecule has 1 aromatic carbocycles. The van der Waals surface area contributed by atoms with Crippen molar-refractivity contribution in [3.05, 3.63) is 58.9 Å². The number of carbonyl (C=O) groups excluding carboxylic acids is 1. The third kappa shape index (κ3) is 1.84. The van der Waals surface area contributed by atoms with E-state index in [9.17, 15) is 4.79 Å². The van der Waals surface area contributed by atoms with Crippen LogP contribution in [-0.2, 0) is 0 Å². The van der Waals surface area contributed by atoms with Crippen molar-refractivity contribution in [3.8, 4) is 0 Å². The molecule has 0 radical (unpaired) electrons. The van der Waals surface area contributed by atoms with Gasteiger partial charge in [0.05, 0.1) is 12.4 Å². The second kappa shape index (κ2) is 4.23. The van der Waals surface area contributed by atoms with Crippen molar-refractivity contribution in [1.82, 2.24) is 10.2 Å². The van der Waals surface area contributed by atoms with Crippen LogP contribution in [0.2, 0.25) is 0 Å². The molecule has 0 saturated carbocycles. The van der Waals surface area contributed by atoms with Crippen molar-refractivity contribution >= 4 is 5.78 Å². The Bertz CT molecular complexity index is 521. The van der Waals surface area contributed by atoms with Crippen molar-refractivity contribution in [2.24, 2.45) is 0 Å². The summed E-state index contributed by atoms with van der Waals surface area (Å²) >= 11 is 0. The topological polar surface area (TPSA) is 42.9 Å². The number of hydrogen-bond acceptors (Lipinski definition) is 3. The molecule has 2 rings (SSSR count). The van der Waals surface area contributed by atoms with Crippen LogP contribution in [0.25, 0.3) is 0 Å². The monoisotopic (exact) mass is 212 g/mol. The first-order valence-corrected chi connectivity index (χ1v) is 5.08. The Morgan fingerprint density at radius 3 is 2.62 bits per heavy atom. The summed E-state index contributed by atoms with van der Waals surface area (Å²) in [6.07, 6.45) is 3.02. The van der Waals surface area contributed by atoms with Gasteiger partial charge in [0.2, 0.25) is 0 Å². The van der Waals surface area contributed by atoms with Crippen molar-refractivity contribution in [2.75, 3.05) is 0 Å². The minimum atomic E-state index is -0.00361. The molecule has 3 nitrogen and oxygen atoms in total. The standard InChI is InChI=1S/C13H12N2O/c1-9-4-3-5-12(10(9)2)13(16)11-6-7-14-15-8-11/h3-8H,1-2H3. The third-order valence-electron chi connectivity index (χ3n) is 2.70. The van der Waals surface area contributed by atoms with E-state index in [2.05, 4.69) is 10.2 Å². The van der Waals surface area contributed by atoms with Crippen LogP contribution < -0.4 is 0 Å². The van der Waals surface area contributed by atoms with Gasteiger partial charge in [-0.15, -0.1) is 0 Å². The molecule has 0 N–H and O–H groups in total. The number of rotatable bonds is 2. The van der Waals surface area contributed by atoms with Gasteiger partial charge in [-0.2, -0.15) is 10.2 Å². The molecular weight excluding hydrogens is 200 g/mol. The van der Waals surface area contributed by atoms with Crippen LogP contribution in [0.5, 0.6) is 0 Å². The van der Waals surface area contributed by atoms with Crippen LogP contribution in [0.1, 0.15) is 27.0 Å². The fourth-order valence-corrected chi connectivity index (χ4v) is 1.58. The molecule has 3 heteroatoms. The van der Waals surface area contributed by atoms with Gasteiger partial charge in [-0.1, -0.05) is 18.2 Å². The normalized spacial score (nSPS) is 10.1. The van der Waals surface area contributed by atoms with E-state index in [1.165, 1.54) is 12.4 Å². The maximum Gasteiger partial charge on any atom is 0.194 e. The van der Waals surface area contributed by atoms with Crippen LogP contribution in [0, 0.1) is 13.8 Å². The number of aryl methyl sites for hydroxylation is 1. The summed E-state index contributed by atoms with van der Waals surface area (Å²) < 4.78 is 0. The van der Waals surface area contributed by atoms with E-state index in [0.717, 1.165) is 16.7 Å². The van der Waals surface area contributed by atoms with E-state index < -0.39 is 0 Å². The number of ketones is 1. The summed E-state index contributed by atoms with van der Waals surface area (Å²) in [7, 11) is 0. The van der Waals surface area contributed by atoms with E-state index in [-0.39, 0.29) is 5.78 Å². The lowest BCUT2D eigenvalue weighted by molar-refractivity contribution is 0.103. The summed E-state index contributed by atoms with van der Waals surface area (Å²) in [6, 6.07) is 7.41. The Balaban J connectivity index is 2.46. The zero-order valence-electron chi connectivity index (χ0n) is 9.27. The molecule has 1 heterocycles. The molecule has 0 unspecified atom stereocenters. The van der Waals surface area contributed by atoms with E-state index in [1.807, 2.05) is 32.0 Å². The molecule has 0 fully saturated rings. The SMILES string of the molecule is Cc1cccc(C(=O)c2ccnnc2)c1C. The Labute approximate surface area is 94.2 Å². The molecule has 2 aromatic rings. The molecule has 0 amide bonds. The Morgan fingerprint density at radius 2 is 1.94 bits per heavy atom. The highest BCUT2D eigenvalue weighted by molar-refractivity contribution is 6.09. The first kappa shape index (κ1) is 10.5. The van der Waals surface area contributed by atoms with Gasteiger partial charge in [0, 0.05) is 11.1 Å².